The van der Waals surface area contributed by atoms with E-state index >= 15 is 0 Å². The van der Waals surface area contributed by atoms with Crippen molar-refractivity contribution < 1.29 is 4.79 Å². The molecule has 0 aliphatic carbocycles. The summed E-state index contributed by atoms with van der Waals surface area (Å²) in [5, 5.41) is 3.96. The summed E-state index contributed by atoms with van der Waals surface area (Å²) in [6.07, 6.45) is 8.41. The fraction of sp³-hybridized carbons (Fsp3) is 0.333. The second kappa shape index (κ2) is 9.88. The van der Waals surface area contributed by atoms with Crippen molar-refractivity contribution in [1.29, 1.82) is 0 Å². The number of pyridine rings is 1. The minimum Gasteiger partial charge on any atom is -0.342 e. The second-order valence-corrected chi connectivity index (χ2v) is 8.37. The first-order valence-corrected chi connectivity index (χ1v) is 11.0. The first kappa shape index (κ1) is 21.2. The second-order valence-electron chi connectivity index (χ2n) is 7.93. The van der Waals surface area contributed by atoms with Crippen molar-refractivity contribution in [2.75, 3.05) is 18.4 Å². The van der Waals surface area contributed by atoms with Crippen molar-refractivity contribution >= 4 is 29.1 Å². The summed E-state index contributed by atoms with van der Waals surface area (Å²) in [4.78, 5) is 28.3. The van der Waals surface area contributed by atoms with Crippen LogP contribution in [0.2, 0.25) is 5.02 Å². The maximum Gasteiger partial charge on any atom is 0.222 e. The average Bonchev–Trinajstić information content (AvgIpc) is 2.79. The molecule has 3 heterocycles. The zero-order valence-corrected chi connectivity index (χ0v) is 18.3. The zero-order valence-electron chi connectivity index (χ0n) is 17.6. The van der Waals surface area contributed by atoms with Crippen LogP contribution in [0.5, 0.6) is 0 Å². The van der Waals surface area contributed by atoms with E-state index < -0.39 is 0 Å². The lowest BCUT2D eigenvalue weighted by molar-refractivity contribution is -0.132. The molecule has 7 heteroatoms. The standard InChI is InChI=1S/C24H26ClN5O/c1-17-5-3-11-27-24(17)29-22-15-26-14-21(28-22)19-7-4-12-30(16-19)23(31)10-9-18-6-2-8-20(25)13-18/h2-3,5-6,8,11,13-15,19H,4,7,9-10,12,16H2,1H3,(H,27,28,29). The Hall–Kier alpha value is -2.99. The van der Waals surface area contributed by atoms with E-state index in [1.165, 1.54) is 0 Å². The van der Waals surface area contributed by atoms with Crippen LogP contribution in [0.25, 0.3) is 0 Å². The number of aryl methyl sites for hydroxylation is 2. The van der Waals surface area contributed by atoms with E-state index in [0.29, 0.717) is 30.2 Å². The lowest BCUT2D eigenvalue weighted by Crippen LogP contribution is -2.39. The molecule has 1 saturated heterocycles. The van der Waals surface area contributed by atoms with Gasteiger partial charge >= 0.3 is 0 Å². The van der Waals surface area contributed by atoms with Crippen LogP contribution in [0.4, 0.5) is 11.6 Å². The highest BCUT2D eigenvalue weighted by Crippen LogP contribution is 2.27. The summed E-state index contributed by atoms with van der Waals surface area (Å²) in [6, 6.07) is 11.6. The fourth-order valence-corrected chi connectivity index (χ4v) is 4.14. The first-order chi connectivity index (χ1) is 15.1. The molecule has 160 valence electrons. The highest BCUT2D eigenvalue weighted by molar-refractivity contribution is 6.30. The highest BCUT2D eigenvalue weighted by atomic mass is 35.5. The number of nitrogens with one attached hydrogen (secondary N) is 1. The van der Waals surface area contributed by atoms with Gasteiger partial charge < -0.3 is 10.2 Å². The molecule has 0 radical (unpaired) electrons. The predicted octanol–water partition coefficient (Wildman–Crippen LogP) is 4.92. The van der Waals surface area contributed by atoms with E-state index in [1.54, 1.807) is 18.6 Å². The van der Waals surface area contributed by atoms with Crippen LogP contribution in [0.1, 0.15) is 42.0 Å². The predicted molar refractivity (Wildman–Crippen MR) is 123 cm³/mol. The average molecular weight is 436 g/mol. The summed E-state index contributed by atoms with van der Waals surface area (Å²) in [7, 11) is 0. The number of anilines is 2. The monoisotopic (exact) mass is 435 g/mol. The Morgan fingerprint density at radius 3 is 3.00 bits per heavy atom. The van der Waals surface area contributed by atoms with Crippen molar-refractivity contribution in [3.8, 4) is 0 Å². The molecular formula is C24H26ClN5O. The molecule has 1 aliphatic heterocycles. The number of carbonyl (C=O) groups excluding carboxylic acids is 1. The van der Waals surface area contributed by atoms with Crippen LogP contribution in [0.3, 0.4) is 0 Å². The molecule has 1 aromatic carbocycles. The number of likely N-dealkylation sites (tertiary alicyclic amines) is 1. The number of halogens is 1. The van der Waals surface area contributed by atoms with Crippen molar-refractivity contribution in [1.82, 2.24) is 19.9 Å². The van der Waals surface area contributed by atoms with Crippen molar-refractivity contribution in [3.05, 3.63) is 76.8 Å². The van der Waals surface area contributed by atoms with Gasteiger partial charge in [-0.15, -0.1) is 0 Å². The molecule has 3 aromatic rings. The van der Waals surface area contributed by atoms with Crippen LogP contribution < -0.4 is 5.32 Å². The Kier molecular flexibility index (Phi) is 6.77. The van der Waals surface area contributed by atoms with E-state index in [1.807, 2.05) is 48.2 Å². The van der Waals surface area contributed by atoms with Crippen molar-refractivity contribution in [2.45, 2.75) is 38.5 Å². The normalized spacial score (nSPS) is 16.2. The molecule has 1 fully saturated rings. The van der Waals surface area contributed by atoms with Crippen molar-refractivity contribution in [2.24, 2.45) is 0 Å². The van der Waals surface area contributed by atoms with Crippen LogP contribution >= 0.6 is 11.6 Å². The Bertz CT molecular complexity index is 1060. The minimum absolute atomic E-state index is 0.177. The number of benzene rings is 1. The van der Waals surface area contributed by atoms with Gasteiger partial charge in [0.05, 0.1) is 11.9 Å². The van der Waals surface area contributed by atoms with E-state index in [4.69, 9.17) is 16.6 Å². The Morgan fingerprint density at radius 2 is 2.16 bits per heavy atom. The molecule has 1 amide bonds. The van der Waals surface area contributed by atoms with Gasteiger partial charge in [-0.05, 0) is 55.5 Å². The lowest BCUT2D eigenvalue weighted by atomic mass is 9.94. The van der Waals surface area contributed by atoms with Crippen molar-refractivity contribution in [3.63, 3.8) is 0 Å². The summed E-state index contributed by atoms with van der Waals surface area (Å²) < 4.78 is 0. The zero-order chi connectivity index (χ0) is 21.6. The quantitative estimate of drug-likeness (QED) is 0.595. The van der Waals surface area contributed by atoms with Gasteiger partial charge in [0, 0.05) is 42.8 Å². The third kappa shape index (κ3) is 5.58. The third-order valence-corrected chi connectivity index (χ3v) is 5.85. The molecule has 1 unspecified atom stereocenters. The maximum atomic E-state index is 12.8. The van der Waals surface area contributed by atoms with Crippen LogP contribution in [0, 0.1) is 6.92 Å². The number of amides is 1. The van der Waals surface area contributed by atoms with Crippen LogP contribution in [-0.2, 0) is 11.2 Å². The summed E-state index contributed by atoms with van der Waals surface area (Å²) in [6.45, 7) is 3.47. The topological polar surface area (TPSA) is 71.0 Å². The number of carbonyl (C=O) groups is 1. The number of nitrogens with zero attached hydrogens (tertiary/aromatic N) is 4. The minimum atomic E-state index is 0.177. The van der Waals surface area contributed by atoms with Gasteiger partial charge in [0.1, 0.15) is 11.6 Å². The fourth-order valence-electron chi connectivity index (χ4n) is 3.92. The molecule has 4 rings (SSSR count). The summed E-state index contributed by atoms with van der Waals surface area (Å²) in [5.41, 5.74) is 3.04. The Morgan fingerprint density at radius 1 is 1.26 bits per heavy atom. The molecule has 6 nitrogen and oxygen atoms in total. The number of piperidine rings is 1. The molecule has 0 saturated carbocycles. The number of hydrogen-bond donors (Lipinski definition) is 1. The molecule has 0 bridgehead atoms. The van der Waals surface area contributed by atoms with Gasteiger partial charge in [-0.25, -0.2) is 9.97 Å². The van der Waals surface area contributed by atoms with E-state index in [0.717, 1.165) is 42.0 Å². The first-order valence-electron chi connectivity index (χ1n) is 10.6. The summed E-state index contributed by atoms with van der Waals surface area (Å²) >= 11 is 6.05. The SMILES string of the molecule is Cc1cccnc1Nc1cncc(C2CCCN(C(=O)CCc3cccc(Cl)c3)C2)n1. The molecular weight excluding hydrogens is 410 g/mol. The Balaban J connectivity index is 1.39. The number of rotatable bonds is 6. The van der Waals surface area contributed by atoms with Crippen LogP contribution in [0.15, 0.2) is 55.0 Å². The molecule has 0 spiro atoms. The van der Waals surface area contributed by atoms with Gasteiger partial charge in [-0.3, -0.25) is 9.78 Å². The highest BCUT2D eigenvalue weighted by Gasteiger charge is 2.26. The lowest BCUT2D eigenvalue weighted by Gasteiger charge is -2.32. The van der Waals surface area contributed by atoms with Gasteiger partial charge in [0.15, 0.2) is 0 Å². The maximum absolute atomic E-state index is 12.8. The Labute approximate surface area is 187 Å². The molecule has 1 N–H and O–H groups in total. The number of aromatic nitrogens is 3. The van der Waals surface area contributed by atoms with E-state index in [9.17, 15) is 4.79 Å². The summed E-state index contributed by atoms with van der Waals surface area (Å²) in [5.74, 6) is 1.80. The molecule has 1 atom stereocenters. The van der Waals surface area contributed by atoms with E-state index in [2.05, 4.69) is 15.3 Å². The largest absolute Gasteiger partial charge is 0.342 e. The molecule has 31 heavy (non-hydrogen) atoms. The molecule has 1 aliphatic rings. The molecule has 2 aromatic heterocycles. The van der Waals surface area contributed by atoms with Gasteiger partial charge in [-0.1, -0.05) is 29.8 Å². The smallest absolute Gasteiger partial charge is 0.222 e. The third-order valence-electron chi connectivity index (χ3n) is 5.62. The number of hydrogen-bond acceptors (Lipinski definition) is 5. The van der Waals surface area contributed by atoms with Gasteiger partial charge in [0.25, 0.3) is 0 Å². The van der Waals surface area contributed by atoms with Gasteiger partial charge in [-0.2, -0.15) is 0 Å². The van der Waals surface area contributed by atoms with Gasteiger partial charge in [0.2, 0.25) is 5.91 Å². The van der Waals surface area contributed by atoms with E-state index in [-0.39, 0.29) is 11.8 Å². The van der Waals surface area contributed by atoms with Crippen LogP contribution in [-0.4, -0.2) is 38.8 Å².